The fourth-order valence-corrected chi connectivity index (χ4v) is 6.96. The van der Waals surface area contributed by atoms with E-state index in [1.165, 1.54) is 6.07 Å². The summed E-state index contributed by atoms with van der Waals surface area (Å²) in [6.45, 7) is 2.19. The molecule has 5 nitrogen and oxygen atoms in total. The molecule has 0 amide bonds. The predicted molar refractivity (Wildman–Crippen MR) is 145 cm³/mol. The fraction of sp³-hybridized carbons (Fsp3) is 0.194. The molecule has 5 aromatic rings. The maximum Gasteiger partial charge on any atom is 0.307 e. The Bertz CT molecular complexity index is 1730. The average molecular weight is 523 g/mol. The molecule has 7 heteroatoms. The molecule has 2 aliphatic rings. The molecule has 0 bridgehead atoms. The molecule has 0 saturated heterocycles. The van der Waals surface area contributed by atoms with Gasteiger partial charge in [-0.3, -0.25) is 9.78 Å². The number of thiazole rings is 1. The molecule has 7 rings (SSSR count). The van der Waals surface area contributed by atoms with Crippen LogP contribution in [-0.4, -0.2) is 21.0 Å². The van der Waals surface area contributed by atoms with E-state index in [9.17, 15) is 14.3 Å². The molecule has 1 N–H and O–H groups in total. The second-order valence-corrected chi connectivity index (χ2v) is 11.1. The Labute approximate surface area is 222 Å². The first-order valence-corrected chi connectivity index (χ1v) is 13.4. The van der Waals surface area contributed by atoms with Gasteiger partial charge in [0.15, 0.2) is 0 Å². The second kappa shape index (κ2) is 8.74. The summed E-state index contributed by atoms with van der Waals surface area (Å²) >= 11 is 1.64. The van der Waals surface area contributed by atoms with Crippen molar-refractivity contribution in [2.75, 3.05) is 0 Å². The molecule has 2 heterocycles. The molecule has 3 aromatic carbocycles. The van der Waals surface area contributed by atoms with Gasteiger partial charge in [-0.05, 0) is 89.5 Å². The first-order valence-electron chi connectivity index (χ1n) is 12.6. The summed E-state index contributed by atoms with van der Waals surface area (Å²) in [7, 11) is 0. The van der Waals surface area contributed by atoms with Gasteiger partial charge < -0.3 is 9.84 Å². The summed E-state index contributed by atoms with van der Waals surface area (Å²) in [4.78, 5) is 20.2. The largest absolute Gasteiger partial charge is 0.489 e. The van der Waals surface area contributed by atoms with Gasteiger partial charge in [-0.2, -0.15) is 0 Å². The number of carboxylic acid groups (broad SMARTS) is 1. The number of carbonyl (C=O) groups is 1. The van der Waals surface area contributed by atoms with Crippen LogP contribution in [0.15, 0.2) is 73.1 Å². The van der Waals surface area contributed by atoms with Crippen molar-refractivity contribution in [2.45, 2.75) is 25.9 Å². The zero-order chi connectivity index (χ0) is 26.0. The Balaban J connectivity index is 1.13. The Morgan fingerprint density at radius 3 is 2.74 bits per heavy atom. The third-order valence-corrected chi connectivity index (χ3v) is 9.11. The van der Waals surface area contributed by atoms with E-state index in [1.54, 1.807) is 29.8 Å². The van der Waals surface area contributed by atoms with E-state index in [0.717, 1.165) is 55.0 Å². The quantitative estimate of drug-likeness (QED) is 0.259. The number of nitrogens with zero attached hydrogens (tertiary/aromatic N) is 2. The van der Waals surface area contributed by atoms with Gasteiger partial charge >= 0.3 is 5.97 Å². The van der Waals surface area contributed by atoms with Gasteiger partial charge in [-0.1, -0.05) is 18.2 Å². The van der Waals surface area contributed by atoms with E-state index in [2.05, 4.69) is 11.9 Å². The number of benzene rings is 3. The van der Waals surface area contributed by atoms with Crippen LogP contribution >= 0.6 is 11.3 Å². The highest BCUT2D eigenvalue weighted by Gasteiger charge is 2.59. The van der Waals surface area contributed by atoms with E-state index in [1.807, 2.05) is 48.5 Å². The summed E-state index contributed by atoms with van der Waals surface area (Å²) in [6, 6.07) is 18.9. The predicted octanol–water partition coefficient (Wildman–Crippen LogP) is 7.02. The molecule has 0 aliphatic heterocycles. The molecule has 1 fully saturated rings. The Morgan fingerprint density at radius 1 is 1.08 bits per heavy atom. The van der Waals surface area contributed by atoms with Crippen molar-refractivity contribution in [3.63, 3.8) is 0 Å². The van der Waals surface area contributed by atoms with Crippen molar-refractivity contribution < 1.29 is 19.0 Å². The first-order chi connectivity index (χ1) is 18.5. The van der Waals surface area contributed by atoms with Gasteiger partial charge in [0.05, 0.1) is 16.1 Å². The van der Waals surface area contributed by atoms with E-state index in [-0.39, 0.29) is 30.2 Å². The summed E-state index contributed by atoms with van der Waals surface area (Å²) in [6.07, 6.45) is 4.30. The maximum absolute atomic E-state index is 14.8. The van der Waals surface area contributed by atoms with Crippen molar-refractivity contribution in [1.82, 2.24) is 9.97 Å². The Hall–Kier alpha value is -4.10. The lowest BCUT2D eigenvalue weighted by Crippen LogP contribution is -2.05. The topological polar surface area (TPSA) is 72.3 Å². The molecular weight excluding hydrogens is 499 g/mol. The third-order valence-electron chi connectivity index (χ3n) is 7.87. The van der Waals surface area contributed by atoms with Crippen LogP contribution < -0.4 is 4.74 Å². The molecule has 188 valence electrons. The van der Waals surface area contributed by atoms with Gasteiger partial charge in [0, 0.05) is 29.4 Å². The number of rotatable bonds is 6. The molecule has 0 unspecified atom stereocenters. The molecule has 0 radical (unpaired) electrons. The van der Waals surface area contributed by atoms with E-state index < -0.39 is 5.97 Å². The zero-order valence-electron chi connectivity index (χ0n) is 20.5. The molecule has 2 aliphatic carbocycles. The number of halogens is 1. The van der Waals surface area contributed by atoms with Crippen LogP contribution in [0.3, 0.4) is 0 Å². The lowest BCUT2D eigenvalue weighted by Gasteiger charge is -2.13. The first kappa shape index (κ1) is 23.0. The number of hydrogen-bond donors (Lipinski definition) is 1. The summed E-state index contributed by atoms with van der Waals surface area (Å²) < 4.78 is 21.9. The minimum absolute atomic E-state index is 0.108. The molecule has 2 aromatic heterocycles. The lowest BCUT2D eigenvalue weighted by atomic mass is 9.98. The Kier molecular flexibility index (Phi) is 5.30. The van der Waals surface area contributed by atoms with Crippen LogP contribution in [0.5, 0.6) is 5.75 Å². The van der Waals surface area contributed by atoms with Crippen LogP contribution in [0.1, 0.15) is 28.2 Å². The SMILES string of the molecule is Cc1c(-c2ccc(F)c(COc3ccc4c(c3)C[C@H]3[C@H](C(=O)O)[C@@H]43)c2)ccc2nc(-c3ccncc3)sc12. The number of fused-ring (bicyclic) bond motifs is 4. The second-order valence-electron chi connectivity index (χ2n) is 10.1. The van der Waals surface area contributed by atoms with E-state index in [4.69, 9.17) is 9.72 Å². The lowest BCUT2D eigenvalue weighted by molar-refractivity contribution is -0.139. The van der Waals surface area contributed by atoms with Crippen molar-refractivity contribution in [1.29, 1.82) is 0 Å². The number of aryl methyl sites for hydroxylation is 1. The number of ether oxygens (including phenoxy) is 1. The number of pyridine rings is 1. The molecule has 1 saturated carbocycles. The van der Waals surface area contributed by atoms with Crippen LogP contribution in [0.2, 0.25) is 0 Å². The smallest absolute Gasteiger partial charge is 0.307 e. The molecular formula is C31H23FN2O3S. The van der Waals surface area contributed by atoms with Gasteiger partial charge in [-0.15, -0.1) is 11.3 Å². The minimum Gasteiger partial charge on any atom is -0.489 e. The van der Waals surface area contributed by atoms with Crippen LogP contribution in [0, 0.1) is 24.6 Å². The van der Waals surface area contributed by atoms with Crippen LogP contribution in [-0.2, 0) is 17.8 Å². The van der Waals surface area contributed by atoms with Crippen molar-refractivity contribution in [2.24, 2.45) is 11.8 Å². The van der Waals surface area contributed by atoms with Crippen LogP contribution in [0.4, 0.5) is 4.39 Å². The average Bonchev–Trinajstić information content (AvgIpc) is 3.27. The molecule has 3 atom stereocenters. The van der Waals surface area contributed by atoms with Crippen molar-refractivity contribution >= 4 is 27.5 Å². The van der Waals surface area contributed by atoms with Gasteiger partial charge in [0.25, 0.3) is 0 Å². The highest BCUT2D eigenvalue weighted by atomic mass is 32.1. The monoisotopic (exact) mass is 522 g/mol. The third kappa shape index (κ3) is 3.77. The van der Waals surface area contributed by atoms with Gasteiger partial charge in [-0.25, -0.2) is 9.37 Å². The normalized spacial score (nSPS) is 19.3. The number of carboxylic acids is 1. The maximum atomic E-state index is 14.8. The fourth-order valence-electron chi connectivity index (χ4n) is 5.88. The summed E-state index contributed by atoms with van der Waals surface area (Å²) in [5, 5.41) is 10.3. The molecule has 38 heavy (non-hydrogen) atoms. The minimum atomic E-state index is -0.708. The van der Waals surface area contributed by atoms with E-state index in [0.29, 0.717) is 11.3 Å². The number of hydrogen-bond acceptors (Lipinski definition) is 5. The summed E-state index contributed by atoms with van der Waals surface area (Å²) in [5.41, 5.74) is 7.79. The highest BCUT2D eigenvalue weighted by Crippen LogP contribution is 2.61. The van der Waals surface area contributed by atoms with Crippen LogP contribution in [0.25, 0.3) is 31.9 Å². The summed E-state index contributed by atoms with van der Waals surface area (Å²) in [5.74, 6) is -0.261. The zero-order valence-corrected chi connectivity index (χ0v) is 21.3. The van der Waals surface area contributed by atoms with Gasteiger partial charge in [0.1, 0.15) is 23.2 Å². The van der Waals surface area contributed by atoms with Crippen molar-refractivity contribution in [3.8, 4) is 27.4 Å². The standard InChI is InChI=1S/C31H23FN2O3S/c1-16-22(5-7-26-29(16)38-30(34-26)17-8-10-33-11-9-17)18-2-6-25(32)20(12-18)15-37-21-3-4-23-19(13-21)14-24-27(23)28(24)31(35)36/h2-13,24,27-28H,14-15H2,1H3,(H,35,36)/t24-,27+,28+/m1/s1. The van der Waals surface area contributed by atoms with Crippen molar-refractivity contribution in [3.05, 3.63) is 101 Å². The number of aliphatic carboxylic acids is 1. The number of aromatic nitrogens is 2. The van der Waals surface area contributed by atoms with Gasteiger partial charge in [0.2, 0.25) is 0 Å². The molecule has 0 spiro atoms. The Morgan fingerprint density at radius 2 is 1.92 bits per heavy atom. The highest BCUT2D eigenvalue weighted by molar-refractivity contribution is 7.21. The van der Waals surface area contributed by atoms with E-state index >= 15 is 0 Å².